The van der Waals surface area contributed by atoms with Crippen LogP contribution in [0.5, 0.6) is 0 Å². The van der Waals surface area contributed by atoms with Crippen LogP contribution in [0.3, 0.4) is 0 Å². The SMILES string of the molecule is O=C(O)c1cc(-c2ccco2)nc2c(C(F)(F)F)cccc12. The number of carbonyl (C=O) groups is 1. The van der Waals surface area contributed by atoms with Crippen molar-refractivity contribution in [3.63, 3.8) is 0 Å². The molecule has 2 aromatic heterocycles. The number of nitrogens with zero attached hydrogens (tertiary/aromatic N) is 1. The highest BCUT2D eigenvalue weighted by atomic mass is 19.4. The lowest BCUT2D eigenvalue weighted by Gasteiger charge is -2.12. The number of carboxylic acid groups (broad SMARTS) is 1. The lowest BCUT2D eigenvalue weighted by molar-refractivity contribution is -0.136. The number of rotatable bonds is 2. The summed E-state index contributed by atoms with van der Waals surface area (Å²) < 4.78 is 44.4. The third-order valence-corrected chi connectivity index (χ3v) is 3.15. The van der Waals surface area contributed by atoms with Crippen molar-refractivity contribution in [3.05, 3.63) is 53.8 Å². The van der Waals surface area contributed by atoms with E-state index in [1.807, 2.05) is 0 Å². The predicted molar refractivity (Wildman–Crippen MR) is 71.4 cm³/mol. The summed E-state index contributed by atoms with van der Waals surface area (Å²) in [5.74, 6) is -1.14. The van der Waals surface area contributed by atoms with E-state index < -0.39 is 23.2 Å². The first kappa shape index (κ1) is 14.1. The molecule has 7 heteroatoms. The number of halogens is 3. The Morgan fingerprint density at radius 3 is 2.55 bits per heavy atom. The molecule has 0 amide bonds. The number of para-hydroxylation sites is 1. The lowest BCUT2D eigenvalue weighted by atomic mass is 10.0. The summed E-state index contributed by atoms with van der Waals surface area (Å²) in [5, 5.41) is 9.19. The molecule has 0 aliphatic carbocycles. The van der Waals surface area contributed by atoms with Gasteiger partial charge in [0.05, 0.1) is 22.9 Å². The summed E-state index contributed by atoms with van der Waals surface area (Å²) in [4.78, 5) is 15.3. The first-order chi connectivity index (χ1) is 10.4. The monoisotopic (exact) mass is 307 g/mol. The Morgan fingerprint density at radius 1 is 1.18 bits per heavy atom. The van der Waals surface area contributed by atoms with Crippen molar-refractivity contribution >= 4 is 16.9 Å². The van der Waals surface area contributed by atoms with Gasteiger partial charge < -0.3 is 9.52 Å². The summed E-state index contributed by atoms with van der Waals surface area (Å²) in [7, 11) is 0. The fourth-order valence-corrected chi connectivity index (χ4v) is 2.20. The summed E-state index contributed by atoms with van der Waals surface area (Å²) in [6.45, 7) is 0. The number of hydrogen-bond donors (Lipinski definition) is 1. The molecule has 0 unspecified atom stereocenters. The second-order valence-electron chi connectivity index (χ2n) is 4.54. The van der Waals surface area contributed by atoms with E-state index >= 15 is 0 Å². The molecule has 0 fully saturated rings. The number of alkyl halides is 3. The number of aromatic nitrogens is 1. The van der Waals surface area contributed by atoms with Gasteiger partial charge in [-0.15, -0.1) is 0 Å². The number of pyridine rings is 1. The van der Waals surface area contributed by atoms with Crippen LogP contribution < -0.4 is 0 Å². The van der Waals surface area contributed by atoms with Crippen LogP contribution >= 0.6 is 0 Å². The smallest absolute Gasteiger partial charge is 0.418 e. The van der Waals surface area contributed by atoms with Crippen LogP contribution in [-0.2, 0) is 6.18 Å². The highest BCUT2D eigenvalue weighted by Crippen LogP contribution is 2.36. The highest BCUT2D eigenvalue weighted by molar-refractivity contribution is 6.04. The van der Waals surface area contributed by atoms with Crippen molar-refractivity contribution in [2.24, 2.45) is 0 Å². The van der Waals surface area contributed by atoms with Crippen LogP contribution in [0.2, 0.25) is 0 Å². The number of carboxylic acids is 1. The van der Waals surface area contributed by atoms with Crippen molar-refractivity contribution in [3.8, 4) is 11.5 Å². The average Bonchev–Trinajstić information content (AvgIpc) is 2.98. The van der Waals surface area contributed by atoms with Gasteiger partial charge in [-0.2, -0.15) is 13.2 Å². The molecule has 0 bridgehead atoms. The minimum Gasteiger partial charge on any atom is -0.478 e. The predicted octanol–water partition coefficient (Wildman–Crippen LogP) is 4.21. The van der Waals surface area contributed by atoms with Gasteiger partial charge in [-0.25, -0.2) is 9.78 Å². The molecule has 0 saturated heterocycles. The molecule has 0 aliphatic heterocycles. The minimum atomic E-state index is -4.63. The average molecular weight is 307 g/mol. The number of hydrogen-bond acceptors (Lipinski definition) is 3. The van der Waals surface area contributed by atoms with Gasteiger partial charge in [0.1, 0.15) is 5.69 Å². The summed E-state index contributed by atoms with van der Waals surface area (Å²) in [5.41, 5.74) is -1.63. The van der Waals surface area contributed by atoms with E-state index in [4.69, 9.17) is 4.42 Å². The molecule has 0 radical (unpaired) electrons. The van der Waals surface area contributed by atoms with Crippen LogP contribution in [-0.4, -0.2) is 16.1 Å². The Hall–Kier alpha value is -2.83. The van der Waals surface area contributed by atoms with E-state index in [9.17, 15) is 23.1 Å². The Labute approximate surface area is 121 Å². The molecular weight excluding hydrogens is 299 g/mol. The normalized spacial score (nSPS) is 11.8. The molecule has 1 N–H and O–H groups in total. The maximum atomic E-state index is 13.1. The Morgan fingerprint density at radius 2 is 1.95 bits per heavy atom. The molecule has 0 saturated carbocycles. The molecule has 22 heavy (non-hydrogen) atoms. The lowest BCUT2D eigenvalue weighted by Crippen LogP contribution is -2.09. The van der Waals surface area contributed by atoms with E-state index in [0.29, 0.717) is 0 Å². The largest absolute Gasteiger partial charge is 0.478 e. The fourth-order valence-electron chi connectivity index (χ4n) is 2.20. The van der Waals surface area contributed by atoms with Crippen LogP contribution in [0.15, 0.2) is 47.1 Å². The molecule has 4 nitrogen and oxygen atoms in total. The third kappa shape index (κ3) is 2.30. The van der Waals surface area contributed by atoms with Crippen LogP contribution in [0, 0.1) is 0 Å². The van der Waals surface area contributed by atoms with Crippen molar-refractivity contribution in [1.29, 1.82) is 0 Å². The molecule has 0 atom stereocenters. The minimum absolute atomic E-state index is 0.0339. The summed E-state index contributed by atoms with van der Waals surface area (Å²) in [6, 6.07) is 7.56. The zero-order valence-electron chi connectivity index (χ0n) is 10.9. The first-order valence-corrected chi connectivity index (χ1v) is 6.16. The molecular formula is C15H8F3NO3. The van der Waals surface area contributed by atoms with Crippen LogP contribution in [0.1, 0.15) is 15.9 Å². The standard InChI is InChI=1S/C15H8F3NO3/c16-15(17,18)10-4-1-3-8-9(14(20)21)7-11(19-13(8)10)12-5-2-6-22-12/h1-7H,(H,20,21). The van der Waals surface area contributed by atoms with Gasteiger partial charge in [0.2, 0.25) is 0 Å². The second kappa shape index (κ2) is 4.87. The highest BCUT2D eigenvalue weighted by Gasteiger charge is 2.34. The molecule has 1 aromatic carbocycles. The quantitative estimate of drug-likeness (QED) is 0.770. The maximum absolute atomic E-state index is 13.1. The Bertz CT molecular complexity index is 854. The fraction of sp³-hybridized carbons (Fsp3) is 0.0667. The molecule has 0 spiro atoms. The molecule has 112 valence electrons. The Balaban J connectivity index is 2.41. The number of furan rings is 1. The number of aromatic carboxylic acids is 1. The number of fused-ring (bicyclic) bond motifs is 1. The van der Waals surface area contributed by atoms with Gasteiger partial charge in [0.15, 0.2) is 5.76 Å². The van der Waals surface area contributed by atoms with Crippen molar-refractivity contribution in [2.75, 3.05) is 0 Å². The van der Waals surface area contributed by atoms with E-state index in [2.05, 4.69) is 4.98 Å². The number of benzene rings is 1. The van der Waals surface area contributed by atoms with Crippen molar-refractivity contribution < 1.29 is 27.5 Å². The van der Waals surface area contributed by atoms with Gasteiger partial charge in [0, 0.05) is 5.39 Å². The van der Waals surface area contributed by atoms with Crippen LogP contribution in [0.25, 0.3) is 22.4 Å². The molecule has 2 heterocycles. The van der Waals surface area contributed by atoms with Crippen molar-refractivity contribution in [1.82, 2.24) is 4.98 Å². The maximum Gasteiger partial charge on any atom is 0.418 e. The first-order valence-electron chi connectivity index (χ1n) is 6.16. The van der Waals surface area contributed by atoms with Crippen molar-refractivity contribution in [2.45, 2.75) is 6.18 Å². The van der Waals surface area contributed by atoms with E-state index in [1.165, 1.54) is 30.5 Å². The second-order valence-corrected chi connectivity index (χ2v) is 4.54. The topological polar surface area (TPSA) is 63.3 Å². The zero-order chi connectivity index (χ0) is 15.9. The van der Waals surface area contributed by atoms with Gasteiger partial charge in [0.25, 0.3) is 0 Å². The van der Waals surface area contributed by atoms with Gasteiger partial charge in [-0.3, -0.25) is 0 Å². The Kier molecular flexibility index (Phi) is 3.13. The van der Waals surface area contributed by atoms with Gasteiger partial charge in [-0.1, -0.05) is 12.1 Å². The third-order valence-electron chi connectivity index (χ3n) is 3.15. The van der Waals surface area contributed by atoms with Gasteiger partial charge in [-0.05, 0) is 24.3 Å². The zero-order valence-corrected chi connectivity index (χ0v) is 10.9. The van der Waals surface area contributed by atoms with E-state index in [-0.39, 0.29) is 22.4 Å². The molecule has 0 aliphatic rings. The summed E-state index contributed by atoms with van der Waals surface area (Å²) in [6.07, 6.45) is -3.30. The van der Waals surface area contributed by atoms with E-state index in [0.717, 1.165) is 12.1 Å². The van der Waals surface area contributed by atoms with E-state index in [1.54, 1.807) is 0 Å². The van der Waals surface area contributed by atoms with Gasteiger partial charge >= 0.3 is 12.1 Å². The summed E-state index contributed by atoms with van der Waals surface area (Å²) >= 11 is 0. The molecule has 3 rings (SSSR count). The van der Waals surface area contributed by atoms with Crippen LogP contribution in [0.4, 0.5) is 13.2 Å². The molecule has 3 aromatic rings.